The van der Waals surface area contributed by atoms with E-state index in [1.165, 1.54) is 23.7 Å². The number of imide groups is 1. The van der Waals surface area contributed by atoms with Crippen LogP contribution in [-0.2, 0) is 11.2 Å². The van der Waals surface area contributed by atoms with Gasteiger partial charge in [-0.1, -0.05) is 60.7 Å². The molecular weight excluding hydrogens is 437 g/mol. The molecule has 3 rings (SSSR count). The highest BCUT2D eigenvalue weighted by atomic mass is 19.1. The molecular formula is C26H24FN3O4. The molecule has 174 valence electrons. The molecule has 0 bridgehead atoms. The number of aryl methyl sites for hydroxylation is 1. The van der Waals surface area contributed by atoms with Crippen molar-refractivity contribution in [1.29, 1.82) is 0 Å². The smallest absolute Gasteiger partial charge is 0.322 e. The first kappa shape index (κ1) is 24.3. The van der Waals surface area contributed by atoms with E-state index < -0.39 is 23.9 Å². The second kappa shape index (κ2) is 12.1. The Morgan fingerprint density at radius 3 is 2.26 bits per heavy atom. The van der Waals surface area contributed by atoms with E-state index in [1.54, 1.807) is 72.8 Å². The molecule has 7 nitrogen and oxygen atoms in total. The van der Waals surface area contributed by atoms with Crippen molar-refractivity contribution in [3.63, 3.8) is 0 Å². The minimum absolute atomic E-state index is 0.326. The van der Waals surface area contributed by atoms with Gasteiger partial charge in [-0.15, -0.1) is 0 Å². The highest BCUT2D eigenvalue weighted by molar-refractivity contribution is 6.04. The summed E-state index contributed by atoms with van der Waals surface area (Å²) >= 11 is 0. The Kier molecular flexibility index (Phi) is 8.65. The number of carbonyl (C=O) groups excluding carboxylic acids is 3. The van der Waals surface area contributed by atoms with E-state index in [-0.39, 0.29) is 5.82 Å². The number of benzene rings is 3. The van der Waals surface area contributed by atoms with Crippen LogP contribution in [0.3, 0.4) is 0 Å². The van der Waals surface area contributed by atoms with Crippen LogP contribution in [0.1, 0.15) is 39.5 Å². The maximum Gasteiger partial charge on any atom is 0.322 e. The van der Waals surface area contributed by atoms with Gasteiger partial charge in [-0.05, 0) is 53.8 Å². The van der Waals surface area contributed by atoms with Crippen LogP contribution in [0.4, 0.5) is 9.18 Å². The summed E-state index contributed by atoms with van der Waals surface area (Å²) in [5.74, 6) is -1.52. The second-order valence-corrected chi connectivity index (χ2v) is 7.45. The van der Waals surface area contributed by atoms with E-state index >= 15 is 0 Å². The van der Waals surface area contributed by atoms with Gasteiger partial charge >= 0.3 is 6.03 Å². The van der Waals surface area contributed by atoms with Gasteiger partial charge in [0.2, 0.25) is 0 Å². The standard InChI is InChI=1S/C26H24FN3O4/c27-22-9-5-4-6-19(22)15-16-23(20-13-10-18(11-14-20)12-17-24(31)30-34)28-26(33)29-25(32)21-7-2-1-3-8-21/h1-14,17,23,34H,15-16H2,(H,30,31)(H2,28,29,32,33). The third kappa shape index (κ3) is 7.11. The van der Waals surface area contributed by atoms with E-state index in [1.807, 2.05) is 0 Å². The minimum Gasteiger partial charge on any atom is -0.331 e. The van der Waals surface area contributed by atoms with Gasteiger partial charge in [-0.3, -0.25) is 20.1 Å². The maximum absolute atomic E-state index is 14.1. The number of nitrogens with one attached hydrogen (secondary N) is 3. The fourth-order valence-corrected chi connectivity index (χ4v) is 3.33. The van der Waals surface area contributed by atoms with E-state index in [2.05, 4.69) is 10.6 Å². The Balaban J connectivity index is 1.74. The highest BCUT2D eigenvalue weighted by Crippen LogP contribution is 2.21. The molecule has 0 aliphatic carbocycles. The first-order valence-electron chi connectivity index (χ1n) is 10.6. The molecule has 0 fully saturated rings. The number of hydrogen-bond acceptors (Lipinski definition) is 4. The number of rotatable bonds is 8. The number of hydrogen-bond donors (Lipinski definition) is 4. The van der Waals surface area contributed by atoms with Crippen LogP contribution in [0, 0.1) is 5.82 Å². The third-order valence-electron chi connectivity index (χ3n) is 5.10. The minimum atomic E-state index is -0.670. The van der Waals surface area contributed by atoms with Crippen LogP contribution in [0.5, 0.6) is 0 Å². The Morgan fingerprint density at radius 2 is 1.59 bits per heavy atom. The molecule has 0 saturated carbocycles. The lowest BCUT2D eigenvalue weighted by molar-refractivity contribution is -0.124. The zero-order valence-corrected chi connectivity index (χ0v) is 18.2. The van der Waals surface area contributed by atoms with E-state index in [9.17, 15) is 18.8 Å². The van der Waals surface area contributed by atoms with E-state index in [0.717, 1.165) is 5.56 Å². The lowest BCUT2D eigenvalue weighted by Crippen LogP contribution is -2.41. The normalized spacial score (nSPS) is 11.6. The van der Waals surface area contributed by atoms with Crippen molar-refractivity contribution in [3.8, 4) is 0 Å². The quantitative estimate of drug-likeness (QED) is 0.230. The van der Waals surface area contributed by atoms with Crippen molar-refractivity contribution in [2.45, 2.75) is 18.9 Å². The molecule has 4 amide bonds. The third-order valence-corrected chi connectivity index (χ3v) is 5.10. The van der Waals surface area contributed by atoms with Gasteiger partial charge in [0.1, 0.15) is 5.82 Å². The van der Waals surface area contributed by atoms with Gasteiger partial charge in [0.25, 0.3) is 11.8 Å². The second-order valence-electron chi connectivity index (χ2n) is 7.45. The van der Waals surface area contributed by atoms with Gasteiger partial charge in [0.05, 0.1) is 6.04 Å². The monoisotopic (exact) mass is 461 g/mol. The zero-order valence-electron chi connectivity index (χ0n) is 18.2. The van der Waals surface area contributed by atoms with Crippen molar-refractivity contribution >= 4 is 23.9 Å². The first-order valence-corrected chi connectivity index (χ1v) is 10.6. The van der Waals surface area contributed by atoms with E-state index in [4.69, 9.17) is 5.21 Å². The molecule has 4 N–H and O–H groups in total. The van der Waals surface area contributed by atoms with Crippen molar-refractivity contribution in [3.05, 3.63) is 113 Å². The van der Waals surface area contributed by atoms with Crippen molar-refractivity contribution in [2.75, 3.05) is 0 Å². The molecule has 1 atom stereocenters. The first-order chi connectivity index (χ1) is 16.5. The number of carbonyl (C=O) groups is 3. The number of halogens is 1. The Labute approximate surface area is 196 Å². The number of urea groups is 1. The molecule has 0 heterocycles. The average Bonchev–Trinajstić information content (AvgIpc) is 2.86. The Morgan fingerprint density at radius 1 is 0.912 bits per heavy atom. The summed E-state index contributed by atoms with van der Waals surface area (Å²) in [5.41, 5.74) is 3.82. The summed E-state index contributed by atoms with van der Waals surface area (Å²) in [6.07, 6.45) is 3.44. The molecule has 0 radical (unpaired) electrons. The van der Waals surface area contributed by atoms with Gasteiger partial charge in [-0.25, -0.2) is 14.7 Å². The molecule has 1 unspecified atom stereocenters. The van der Waals surface area contributed by atoms with Gasteiger partial charge in [0.15, 0.2) is 0 Å². The molecule has 3 aromatic rings. The highest BCUT2D eigenvalue weighted by Gasteiger charge is 2.18. The lowest BCUT2D eigenvalue weighted by atomic mass is 9.97. The van der Waals surface area contributed by atoms with Crippen LogP contribution in [-0.4, -0.2) is 23.1 Å². The predicted molar refractivity (Wildman–Crippen MR) is 125 cm³/mol. The van der Waals surface area contributed by atoms with Crippen LogP contribution in [0.15, 0.2) is 84.9 Å². The average molecular weight is 461 g/mol. The summed E-state index contributed by atoms with van der Waals surface area (Å²) in [4.78, 5) is 36.0. The SMILES string of the molecule is O=C(C=Cc1ccc(C(CCc2ccccc2F)NC(=O)NC(=O)c2ccccc2)cc1)NO. The van der Waals surface area contributed by atoms with Gasteiger partial charge in [-0.2, -0.15) is 0 Å². The van der Waals surface area contributed by atoms with Gasteiger partial charge < -0.3 is 5.32 Å². The number of hydroxylamine groups is 1. The molecule has 0 spiro atoms. The maximum atomic E-state index is 14.1. The predicted octanol–water partition coefficient (Wildman–Crippen LogP) is 4.16. The van der Waals surface area contributed by atoms with Crippen LogP contribution in [0.2, 0.25) is 0 Å². The molecule has 34 heavy (non-hydrogen) atoms. The lowest BCUT2D eigenvalue weighted by Gasteiger charge is -2.20. The molecule has 0 aliphatic heterocycles. The molecule has 0 aliphatic rings. The largest absolute Gasteiger partial charge is 0.331 e. The summed E-state index contributed by atoms with van der Waals surface area (Å²) in [6.45, 7) is 0. The molecule has 0 aromatic heterocycles. The fraction of sp³-hybridized carbons (Fsp3) is 0.115. The Bertz CT molecular complexity index is 1160. The van der Waals surface area contributed by atoms with E-state index in [0.29, 0.717) is 29.5 Å². The summed E-state index contributed by atoms with van der Waals surface area (Å²) in [5, 5.41) is 13.7. The molecule has 0 saturated heterocycles. The summed E-state index contributed by atoms with van der Waals surface area (Å²) in [6, 6.07) is 20.6. The van der Waals surface area contributed by atoms with Crippen LogP contribution >= 0.6 is 0 Å². The fourth-order valence-electron chi connectivity index (χ4n) is 3.33. The van der Waals surface area contributed by atoms with Crippen LogP contribution < -0.4 is 16.1 Å². The summed E-state index contributed by atoms with van der Waals surface area (Å²) < 4.78 is 14.1. The number of amides is 4. The van der Waals surface area contributed by atoms with Crippen molar-refractivity contribution in [2.24, 2.45) is 0 Å². The summed E-state index contributed by atoms with van der Waals surface area (Å²) in [7, 11) is 0. The van der Waals surface area contributed by atoms with Gasteiger partial charge in [0, 0.05) is 11.6 Å². The Hall–Kier alpha value is -4.30. The molecule has 8 heteroatoms. The topological polar surface area (TPSA) is 108 Å². The van der Waals surface area contributed by atoms with Crippen LogP contribution in [0.25, 0.3) is 6.08 Å². The molecule has 3 aromatic carbocycles. The van der Waals surface area contributed by atoms with Crippen molar-refractivity contribution < 1.29 is 24.0 Å². The zero-order chi connectivity index (χ0) is 24.3. The van der Waals surface area contributed by atoms with Crippen molar-refractivity contribution in [1.82, 2.24) is 16.1 Å².